The highest BCUT2D eigenvalue weighted by Crippen LogP contribution is 2.31. The molecule has 7 heteroatoms. The maximum atomic E-state index is 6.13. The van der Waals surface area contributed by atoms with Crippen molar-refractivity contribution in [1.29, 1.82) is 0 Å². The molecule has 25 heavy (non-hydrogen) atoms. The van der Waals surface area contributed by atoms with Crippen LogP contribution in [0.15, 0.2) is 48.8 Å². The molecule has 2 aromatic heterocycles. The molecule has 4 aromatic rings. The zero-order valence-electron chi connectivity index (χ0n) is 13.0. The Morgan fingerprint density at radius 3 is 1.96 bits per heavy atom. The lowest BCUT2D eigenvalue weighted by molar-refractivity contribution is 0.945. The van der Waals surface area contributed by atoms with Gasteiger partial charge in [-0.15, -0.1) is 0 Å². The van der Waals surface area contributed by atoms with Crippen molar-refractivity contribution in [1.82, 2.24) is 14.0 Å². The molecule has 2 heterocycles. The van der Waals surface area contributed by atoms with Gasteiger partial charge in [-0.1, -0.05) is 58.5 Å². The van der Waals surface area contributed by atoms with Gasteiger partial charge in [0, 0.05) is 30.6 Å². The summed E-state index contributed by atoms with van der Waals surface area (Å²) in [6.45, 7) is 0. The van der Waals surface area contributed by atoms with Crippen molar-refractivity contribution in [2.75, 3.05) is 0 Å². The number of aromatic nitrogens is 3. The van der Waals surface area contributed by atoms with Crippen molar-refractivity contribution >= 4 is 52.2 Å². The van der Waals surface area contributed by atoms with E-state index < -0.39 is 0 Å². The third-order valence-electron chi connectivity index (χ3n) is 4.07. The Hall–Kier alpha value is -1.65. The van der Waals surface area contributed by atoms with Crippen molar-refractivity contribution in [3.05, 3.63) is 68.9 Å². The maximum absolute atomic E-state index is 6.13. The Bertz CT molecular complexity index is 1110. The summed E-state index contributed by atoms with van der Waals surface area (Å²) in [6.07, 6.45) is 3.96. The van der Waals surface area contributed by atoms with E-state index in [1.54, 1.807) is 12.1 Å². The van der Waals surface area contributed by atoms with Gasteiger partial charge in [-0.2, -0.15) is 0 Å². The smallest absolute Gasteiger partial charge is 0.214 e. The van der Waals surface area contributed by atoms with Gasteiger partial charge in [0.1, 0.15) is 0 Å². The second kappa shape index (κ2) is 6.26. The fourth-order valence-corrected chi connectivity index (χ4v) is 3.37. The molecule has 2 aromatic carbocycles. The monoisotopic (exact) mass is 409 g/mol. The lowest BCUT2D eigenvalue weighted by atomic mass is 10.1. The molecule has 0 bridgehead atoms. The highest BCUT2D eigenvalue weighted by atomic mass is 35.5. The maximum Gasteiger partial charge on any atom is 0.214 e. The van der Waals surface area contributed by atoms with Crippen molar-refractivity contribution < 1.29 is 0 Å². The van der Waals surface area contributed by atoms with E-state index in [0.29, 0.717) is 20.1 Å². The SMILES string of the molecule is Cn1c(-c2ccc(Cl)c(Cl)c2)cn2cc(-c3ccc(Cl)c(Cl)c3)nc12. The molecule has 0 saturated carbocycles. The van der Waals surface area contributed by atoms with E-state index in [9.17, 15) is 0 Å². The summed E-state index contributed by atoms with van der Waals surface area (Å²) in [4.78, 5) is 4.70. The lowest BCUT2D eigenvalue weighted by Gasteiger charge is -2.04. The number of fused-ring (bicyclic) bond motifs is 1. The van der Waals surface area contributed by atoms with Crippen molar-refractivity contribution in [2.45, 2.75) is 0 Å². The molecule has 0 spiro atoms. The molecule has 0 fully saturated rings. The van der Waals surface area contributed by atoms with Crippen LogP contribution in [0.25, 0.3) is 28.3 Å². The Kier molecular flexibility index (Phi) is 4.20. The van der Waals surface area contributed by atoms with Gasteiger partial charge in [0.25, 0.3) is 0 Å². The number of halogens is 4. The molecule has 0 aliphatic carbocycles. The molecule has 0 saturated heterocycles. The summed E-state index contributed by atoms with van der Waals surface area (Å²) in [6, 6.07) is 11.0. The number of hydrogen-bond acceptors (Lipinski definition) is 1. The molecule has 0 aliphatic heterocycles. The van der Waals surface area contributed by atoms with Gasteiger partial charge in [0.2, 0.25) is 5.78 Å². The van der Waals surface area contributed by atoms with Crippen molar-refractivity contribution in [3.63, 3.8) is 0 Å². The first-order chi connectivity index (χ1) is 11.9. The zero-order chi connectivity index (χ0) is 17.7. The predicted molar refractivity (Wildman–Crippen MR) is 105 cm³/mol. The summed E-state index contributed by atoms with van der Waals surface area (Å²) in [5.74, 6) is 0.808. The summed E-state index contributed by atoms with van der Waals surface area (Å²) in [5.41, 5.74) is 3.69. The van der Waals surface area contributed by atoms with Crippen molar-refractivity contribution in [2.24, 2.45) is 7.05 Å². The second-order valence-corrected chi connectivity index (χ2v) is 7.29. The molecule has 0 atom stereocenters. The molecule has 0 N–H and O–H groups in total. The third kappa shape index (κ3) is 2.91. The van der Waals surface area contributed by atoms with Crippen LogP contribution in [0.4, 0.5) is 0 Å². The van der Waals surface area contributed by atoms with E-state index in [1.165, 1.54) is 0 Å². The minimum absolute atomic E-state index is 0.507. The van der Waals surface area contributed by atoms with Gasteiger partial charge in [-0.05, 0) is 24.3 Å². The molecular formula is C18H11Cl4N3. The van der Waals surface area contributed by atoms with Gasteiger partial charge in [0.05, 0.1) is 31.5 Å². The highest BCUT2D eigenvalue weighted by Gasteiger charge is 2.14. The predicted octanol–water partition coefficient (Wildman–Crippen LogP) is 6.62. The van der Waals surface area contributed by atoms with E-state index in [-0.39, 0.29) is 0 Å². The first-order valence-electron chi connectivity index (χ1n) is 7.39. The van der Waals surface area contributed by atoms with Crippen LogP contribution in [-0.2, 0) is 7.05 Å². The van der Waals surface area contributed by atoms with Gasteiger partial charge >= 0.3 is 0 Å². The largest absolute Gasteiger partial charge is 0.313 e. The number of imidazole rings is 2. The number of nitrogens with zero attached hydrogens (tertiary/aromatic N) is 3. The molecule has 0 aliphatic rings. The Morgan fingerprint density at radius 1 is 0.760 bits per heavy atom. The van der Waals surface area contributed by atoms with Crippen LogP contribution in [0.1, 0.15) is 0 Å². The standard InChI is InChI=1S/C18H11Cl4N3/c1-24-17(11-3-5-13(20)15(22)7-11)9-25-8-16(23-18(24)25)10-2-4-12(19)14(21)6-10/h2-9H,1H3. The Morgan fingerprint density at radius 2 is 1.36 bits per heavy atom. The fourth-order valence-electron chi connectivity index (χ4n) is 2.77. The van der Waals surface area contributed by atoms with E-state index in [4.69, 9.17) is 51.4 Å². The Labute approximate surface area is 164 Å². The molecule has 3 nitrogen and oxygen atoms in total. The molecular weight excluding hydrogens is 400 g/mol. The minimum Gasteiger partial charge on any atom is -0.313 e. The minimum atomic E-state index is 0.507. The number of benzene rings is 2. The van der Waals surface area contributed by atoms with Crippen LogP contribution < -0.4 is 0 Å². The van der Waals surface area contributed by atoms with Gasteiger partial charge < -0.3 is 4.57 Å². The summed E-state index contributed by atoms with van der Waals surface area (Å²) >= 11 is 24.2. The van der Waals surface area contributed by atoms with Crippen LogP contribution in [0.5, 0.6) is 0 Å². The second-order valence-electron chi connectivity index (χ2n) is 5.66. The van der Waals surface area contributed by atoms with Crippen molar-refractivity contribution in [3.8, 4) is 22.5 Å². The lowest BCUT2D eigenvalue weighted by Crippen LogP contribution is -1.93. The third-order valence-corrected chi connectivity index (χ3v) is 5.54. The summed E-state index contributed by atoms with van der Waals surface area (Å²) < 4.78 is 3.97. The van der Waals surface area contributed by atoms with Gasteiger partial charge in [-0.25, -0.2) is 4.98 Å². The first-order valence-corrected chi connectivity index (χ1v) is 8.90. The number of aryl methyl sites for hydroxylation is 1. The van der Waals surface area contributed by atoms with E-state index >= 15 is 0 Å². The average molecular weight is 411 g/mol. The molecule has 0 unspecified atom stereocenters. The topological polar surface area (TPSA) is 22.2 Å². The fraction of sp³-hybridized carbons (Fsp3) is 0.0556. The van der Waals surface area contributed by atoms with Gasteiger partial charge in [-0.3, -0.25) is 4.40 Å². The van der Waals surface area contributed by atoms with Crippen LogP contribution in [-0.4, -0.2) is 14.0 Å². The van der Waals surface area contributed by atoms with Crippen LogP contribution in [0.3, 0.4) is 0 Å². The quantitative estimate of drug-likeness (QED) is 0.364. The average Bonchev–Trinajstić information content (AvgIpc) is 3.13. The first kappa shape index (κ1) is 16.8. The van der Waals surface area contributed by atoms with E-state index in [0.717, 1.165) is 28.3 Å². The summed E-state index contributed by atoms with van der Waals surface area (Å²) in [7, 11) is 1.96. The number of hydrogen-bond donors (Lipinski definition) is 0. The normalized spacial score (nSPS) is 11.4. The van der Waals surface area contributed by atoms with Crippen LogP contribution in [0.2, 0.25) is 20.1 Å². The van der Waals surface area contributed by atoms with E-state index in [1.807, 2.05) is 52.7 Å². The summed E-state index contributed by atoms with van der Waals surface area (Å²) in [5, 5.41) is 2.09. The zero-order valence-corrected chi connectivity index (χ0v) is 16.0. The molecule has 126 valence electrons. The highest BCUT2D eigenvalue weighted by molar-refractivity contribution is 6.42. The molecule has 0 amide bonds. The van der Waals surface area contributed by atoms with E-state index in [2.05, 4.69) is 0 Å². The van der Waals surface area contributed by atoms with Crippen LogP contribution >= 0.6 is 46.4 Å². The Balaban J connectivity index is 1.81. The van der Waals surface area contributed by atoms with Gasteiger partial charge in [0.15, 0.2) is 0 Å². The molecule has 4 rings (SSSR count). The number of rotatable bonds is 2. The van der Waals surface area contributed by atoms with Crippen LogP contribution in [0, 0.1) is 0 Å². The molecule has 0 radical (unpaired) electrons.